The molecule has 2 aromatic rings. The summed E-state index contributed by atoms with van der Waals surface area (Å²) in [6.07, 6.45) is 1.22. The third-order valence-electron chi connectivity index (χ3n) is 2.56. The van der Waals surface area contributed by atoms with Gasteiger partial charge >= 0.3 is 0 Å². The molecule has 0 aliphatic carbocycles. The Hall–Kier alpha value is -1.56. The van der Waals surface area contributed by atoms with Crippen molar-refractivity contribution < 1.29 is 4.79 Å². The maximum absolute atomic E-state index is 11.9. The van der Waals surface area contributed by atoms with Crippen LogP contribution >= 0.6 is 11.5 Å². The molecule has 0 atom stereocenters. The number of Topliss-reactive ketones (excluding diaryl/α,β-unsaturated/α-hetero) is 1. The van der Waals surface area contributed by atoms with Crippen LogP contribution in [0.5, 0.6) is 0 Å². The molecule has 0 aromatic carbocycles. The zero-order chi connectivity index (χ0) is 12.3. The second kappa shape index (κ2) is 5.18. The van der Waals surface area contributed by atoms with Crippen LogP contribution in [0.15, 0.2) is 11.4 Å². The normalized spacial score (nSPS) is 10.7. The maximum atomic E-state index is 11.9. The SMILES string of the molecule is CCc1cc(CC(=O)c2csnn2)n(CC)n1. The molecule has 17 heavy (non-hydrogen) atoms. The van der Waals surface area contributed by atoms with Gasteiger partial charge in [0, 0.05) is 17.6 Å². The van der Waals surface area contributed by atoms with E-state index in [1.807, 2.05) is 17.7 Å². The molecule has 0 fully saturated rings. The molecule has 0 saturated heterocycles. The lowest BCUT2D eigenvalue weighted by Gasteiger charge is -2.01. The van der Waals surface area contributed by atoms with Gasteiger partial charge in [0.25, 0.3) is 0 Å². The first-order valence-electron chi connectivity index (χ1n) is 5.60. The molecule has 5 nitrogen and oxygen atoms in total. The second-order valence-corrected chi connectivity index (χ2v) is 4.30. The van der Waals surface area contributed by atoms with Gasteiger partial charge < -0.3 is 0 Å². The van der Waals surface area contributed by atoms with E-state index in [1.54, 1.807) is 5.38 Å². The molecular formula is C11H14N4OS. The number of carbonyl (C=O) groups is 1. The van der Waals surface area contributed by atoms with Crippen molar-refractivity contribution in [2.24, 2.45) is 0 Å². The first-order valence-corrected chi connectivity index (χ1v) is 6.44. The van der Waals surface area contributed by atoms with Gasteiger partial charge in [0.05, 0.1) is 12.1 Å². The lowest BCUT2D eigenvalue weighted by atomic mass is 10.1. The van der Waals surface area contributed by atoms with Crippen molar-refractivity contribution in [1.29, 1.82) is 0 Å². The molecular weight excluding hydrogens is 236 g/mol. The highest BCUT2D eigenvalue weighted by molar-refractivity contribution is 7.03. The number of aromatic nitrogens is 4. The van der Waals surface area contributed by atoms with E-state index < -0.39 is 0 Å². The largest absolute Gasteiger partial charge is 0.292 e. The van der Waals surface area contributed by atoms with Crippen LogP contribution in [0.2, 0.25) is 0 Å². The predicted octanol–water partition coefficient (Wildman–Crippen LogP) is 1.74. The van der Waals surface area contributed by atoms with Crippen LogP contribution < -0.4 is 0 Å². The average molecular weight is 250 g/mol. The van der Waals surface area contributed by atoms with Crippen molar-refractivity contribution in [2.45, 2.75) is 33.2 Å². The van der Waals surface area contributed by atoms with E-state index in [1.165, 1.54) is 11.5 Å². The summed E-state index contributed by atoms with van der Waals surface area (Å²) in [7, 11) is 0. The number of ketones is 1. The smallest absolute Gasteiger partial charge is 0.189 e. The summed E-state index contributed by atoms with van der Waals surface area (Å²) in [4.78, 5) is 11.9. The summed E-state index contributed by atoms with van der Waals surface area (Å²) < 4.78 is 5.57. The van der Waals surface area contributed by atoms with Crippen molar-refractivity contribution >= 4 is 17.3 Å². The second-order valence-electron chi connectivity index (χ2n) is 3.69. The van der Waals surface area contributed by atoms with Crippen LogP contribution in [-0.4, -0.2) is 25.2 Å². The Morgan fingerprint density at radius 2 is 2.29 bits per heavy atom. The number of hydrogen-bond acceptors (Lipinski definition) is 5. The summed E-state index contributed by atoms with van der Waals surface area (Å²) in [6, 6.07) is 1.99. The Morgan fingerprint density at radius 3 is 2.88 bits per heavy atom. The Balaban J connectivity index is 2.18. The highest BCUT2D eigenvalue weighted by atomic mass is 32.1. The number of rotatable bonds is 5. The molecule has 0 N–H and O–H groups in total. The van der Waals surface area contributed by atoms with Crippen molar-refractivity contribution in [3.05, 3.63) is 28.5 Å². The molecule has 0 saturated carbocycles. The number of nitrogens with zero attached hydrogens (tertiary/aromatic N) is 4. The predicted molar refractivity (Wildman–Crippen MR) is 65.2 cm³/mol. The van der Waals surface area contributed by atoms with E-state index in [0.29, 0.717) is 12.1 Å². The van der Waals surface area contributed by atoms with Crippen LogP contribution in [0.4, 0.5) is 0 Å². The molecule has 2 rings (SSSR count). The zero-order valence-corrected chi connectivity index (χ0v) is 10.7. The average Bonchev–Trinajstić information content (AvgIpc) is 2.97. The third-order valence-corrected chi connectivity index (χ3v) is 3.07. The fraction of sp³-hybridized carbons (Fsp3) is 0.455. The number of carbonyl (C=O) groups excluding carboxylic acids is 1. The molecule has 0 spiro atoms. The van der Waals surface area contributed by atoms with Gasteiger partial charge in [-0.15, -0.1) is 5.10 Å². The van der Waals surface area contributed by atoms with Gasteiger partial charge in [-0.3, -0.25) is 9.48 Å². The van der Waals surface area contributed by atoms with E-state index in [2.05, 4.69) is 21.6 Å². The lowest BCUT2D eigenvalue weighted by Crippen LogP contribution is -2.10. The number of hydrogen-bond donors (Lipinski definition) is 0. The first kappa shape index (κ1) is 11.9. The molecule has 0 amide bonds. The first-order chi connectivity index (χ1) is 8.24. The van der Waals surface area contributed by atoms with E-state index in [-0.39, 0.29) is 5.78 Å². The Labute approximate surface area is 104 Å². The Kier molecular flexibility index (Phi) is 3.63. The van der Waals surface area contributed by atoms with Gasteiger partial charge in [-0.25, -0.2) is 0 Å². The fourth-order valence-electron chi connectivity index (χ4n) is 1.65. The monoisotopic (exact) mass is 250 g/mol. The van der Waals surface area contributed by atoms with Crippen molar-refractivity contribution in [2.75, 3.05) is 0 Å². The van der Waals surface area contributed by atoms with E-state index in [9.17, 15) is 4.79 Å². The standard InChI is InChI=1S/C11H14N4OS/c1-3-8-5-9(15(4-2)13-8)6-11(16)10-7-17-14-12-10/h5,7H,3-4,6H2,1-2H3. The molecule has 0 unspecified atom stereocenters. The van der Waals surface area contributed by atoms with E-state index in [4.69, 9.17) is 0 Å². The van der Waals surface area contributed by atoms with Crippen molar-refractivity contribution in [1.82, 2.24) is 19.4 Å². The van der Waals surface area contributed by atoms with Crippen LogP contribution in [0.1, 0.15) is 35.7 Å². The quantitative estimate of drug-likeness (QED) is 0.758. The zero-order valence-electron chi connectivity index (χ0n) is 9.88. The maximum Gasteiger partial charge on any atom is 0.189 e. The molecule has 2 heterocycles. The summed E-state index contributed by atoms with van der Waals surface area (Å²) in [5, 5.41) is 9.87. The Morgan fingerprint density at radius 1 is 1.47 bits per heavy atom. The van der Waals surface area contributed by atoms with Gasteiger partial charge in [0.1, 0.15) is 5.69 Å². The Bertz CT molecular complexity index is 504. The molecule has 2 aromatic heterocycles. The number of aryl methyl sites for hydroxylation is 2. The van der Waals surface area contributed by atoms with Crippen LogP contribution in [-0.2, 0) is 19.4 Å². The summed E-state index contributed by atoms with van der Waals surface area (Å²) in [6.45, 7) is 4.85. The van der Waals surface area contributed by atoms with Gasteiger partial charge in [-0.05, 0) is 30.9 Å². The van der Waals surface area contributed by atoms with Gasteiger partial charge in [-0.1, -0.05) is 11.4 Å². The summed E-state index contributed by atoms with van der Waals surface area (Å²) >= 11 is 1.19. The minimum atomic E-state index is -0.00370. The van der Waals surface area contributed by atoms with Crippen molar-refractivity contribution in [3.63, 3.8) is 0 Å². The van der Waals surface area contributed by atoms with E-state index in [0.717, 1.165) is 24.4 Å². The molecule has 0 aliphatic heterocycles. The van der Waals surface area contributed by atoms with Gasteiger partial charge in [0.15, 0.2) is 5.78 Å². The molecule has 6 heteroatoms. The van der Waals surface area contributed by atoms with Gasteiger partial charge in [0.2, 0.25) is 0 Å². The third kappa shape index (κ3) is 2.58. The van der Waals surface area contributed by atoms with Gasteiger partial charge in [-0.2, -0.15) is 5.10 Å². The van der Waals surface area contributed by atoms with Crippen LogP contribution in [0.25, 0.3) is 0 Å². The molecule has 0 aliphatic rings. The van der Waals surface area contributed by atoms with Crippen LogP contribution in [0, 0.1) is 0 Å². The molecule has 90 valence electrons. The summed E-state index contributed by atoms with van der Waals surface area (Å²) in [5.41, 5.74) is 2.41. The highest BCUT2D eigenvalue weighted by Crippen LogP contribution is 2.10. The summed E-state index contributed by atoms with van der Waals surface area (Å²) in [5.74, 6) is -0.00370. The molecule has 0 bridgehead atoms. The minimum Gasteiger partial charge on any atom is -0.292 e. The fourth-order valence-corrected chi connectivity index (χ4v) is 2.11. The highest BCUT2D eigenvalue weighted by Gasteiger charge is 2.14. The topological polar surface area (TPSA) is 60.7 Å². The van der Waals surface area contributed by atoms with Crippen LogP contribution in [0.3, 0.4) is 0 Å². The van der Waals surface area contributed by atoms with E-state index >= 15 is 0 Å². The lowest BCUT2D eigenvalue weighted by molar-refractivity contribution is 0.0986. The minimum absolute atomic E-state index is 0.00370. The van der Waals surface area contributed by atoms with Crippen molar-refractivity contribution in [3.8, 4) is 0 Å². The molecule has 0 radical (unpaired) electrons.